The summed E-state index contributed by atoms with van der Waals surface area (Å²) in [4.78, 5) is 25.1. The lowest BCUT2D eigenvalue weighted by Crippen LogP contribution is -2.12. The first kappa shape index (κ1) is 16.2. The summed E-state index contributed by atoms with van der Waals surface area (Å²) >= 11 is 1.35. The van der Waals surface area contributed by atoms with Gasteiger partial charge < -0.3 is 19.5 Å². The highest BCUT2D eigenvalue weighted by Crippen LogP contribution is 2.35. The molecule has 26 heavy (non-hydrogen) atoms. The molecule has 4 rings (SSSR count). The lowest BCUT2D eigenvalue weighted by molar-refractivity contribution is 0.0734. The molecule has 1 aromatic heterocycles. The number of carbonyl (C=O) groups is 2. The summed E-state index contributed by atoms with van der Waals surface area (Å²) in [6, 6.07) is 15.0. The molecule has 1 amide bonds. The summed E-state index contributed by atoms with van der Waals surface area (Å²) in [5.74, 6) is 0.750. The Morgan fingerprint density at radius 1 is 1.00 bits per heavy atom. The highest BCUT2D eigenvalue weighted by molar-refractivity contribution is 7.12. The normalized spacial score (nSPS) is 11.8. The standard InChI is InChI=1S/C19H13NO5S/c21-18(17-5-2-8-26-17)20-13-4-1-3-12(9-13)19(22)25-14-6-7-15-16(10-14)24-11-23-15/h1-10H,11H2,(H,20,21). The molecule has 0 atom stereocenters. The minimum absolute atomic E-state index is 0.152. The van der Waals surface area contributed by atoms with Crippen molar-refractivity contribution >= 4 is 28.9 Å². The van der Waals surface area contributed by atoms with Gasteiger partial charge in [0.05, 0.1) is 10.4 Å². The molecule has 0 bridgehead atoms. The van der Waals surface area contributed by atoms with E-state index < -0.39 is 5.97 Å². The van der Waals surface area contributed by atoms with Crippen LogP contribution >= 0.6 is 11.3 Å². The first-order valence-electron chi connectivity index (χ1n) is 7.76. The number of hydrogen-bond acceptors (Lipinski definition) is 6. The quantitative estimate of drug-likeness (QED) is 0.558. The van der Waals surface area contributed by atoms with E-state index in [4.69, 9.17) is 14.2 Å². The van der Waals surface area contributed by atoms with E-state index in [1.165, 1.54) is 11.3 Å². The molecule has 6 nitrogen and oxygen atoms in total. The van der Waals surface area contributed by atoms with E-state index in [0.29, 0.717) is 33.4 Å². The highest BCUT2D eigenvalue weighted by atomic mass is 32.1. The maximum atomic E-state index is 12.4. The van der Waals surface area contributed by atoms with Gasteiger partial charge in [0.25, 0.3) is 5.91 Å². The van der Waals surface area contributed by atoms with Crippen LogP contribution in [-0.4, -0.2) is 18.7 Å². The smallest absolute Gasteiger partial charge is 0.343 e. The summed E-state index contributed by atoms with van der Waals surface area (Å²) in [5.41, 5.74) is 0.843. The monoisotopic (exact) mass is 367 g/mol. The molecule has 1 aliphatic heterocycles. The van der Waals surface area contributed by atoms with E-state index in [1.807, 2.05) is 5.38 Å². The van der Waals surface area contributed by atoms with E-state index in [1.54, 1.807) is 54.6 Å². The predicted molar refractivity (Wildman–Crippen MR) is 96.2 cm³/mol. The first-order chi connectivity index (χ1) is 12.7. The van der Waals surface area contributed by atoms with Gasteiger partial charge in [-0.15, -0.1) is 11.3 Å². The van der Waals surface area contributed by atoms with Gasteiger partial charge >= 0.3 is 5.97 Å². The van der Waals surface area contributed by atoms with Crippen molar-refractivity contribution in [2.24, 2.45) is 0 Å². The number of rotatable bonds is 4. The van der Waals surface area contributed by atoms with Crippen LogP contribution in [0.5, 0.6) is 17.2 Å². The number of amides is 1. The van der Waals surface area contributed by atoms with Crippen LogP contribution in [0.2, 0.25) is 0 Å². The van der Waals surface area contributed by atoms with E-state index in [9.17, 15) is 9.59 Å². The highest BCUT2D eigenvalue weighted by Gasteiger charge is 2.16. The Morgan fingerprint density at radius 3 is 2.73 bits per heavy atom. The molecule has 0 radical (unpaired) electrons. The van der Waals surface area contributed by atoms with Crippen molar-refractivity contribution in [3.05, 3.63) is 70.4 Å². The predicted octanol–water partition coefficient (Wildman–Crippen LogP) is 3.95. The average molecular weight is 367 g/mol. The lowest BCUT2D eigenvalue weighted by atomic mass is 10.2. The van der Waals surface area contributed by atoms with Crippen LogP contribution in [0.15, 0.2) is 60.0 Å². The third-order valence-corrected chi connectivity index (χ3v) is 4.52. The van der Waals surface area contributed by atoms with Gasteiger partial charge in [-0.1, -0.05) is 12.1 Å². The molecule has 0 aliphatic carbocycles. The van der Waals surface area contributed by atoms with E-state index >= 15 is 0 Å². The Bertz CT molecular complexity index is 968. The molecule has 1 aliphatic rings. The number of fused-ring (bicyclic) bond motifs is 1. The second-order valence-corrected chi connectivity index (χ2v) is 6.36. The molecule has 130 valence electrons. The van der Waals surface area contributed by atoms with Crippen LogP contribution in [0.3, 0.4) is 0 Å². The fourth-order valence-corrected chi connectivity index (χ4v) is 3.05. The molecule has 1 N–H and O–H groups in total. The molecule has 0 spiro atoms. The molecule has 7 heteroatoms. The van der Waals surface area contributed by atoms with Crippen LogP contribution in [0.1, 0.15) is 20.0 Å². The second kappa shape index (κ2) is 6.89. The molecule has 0 fully saturated rings. The fourth-order valence-electron chi connectivity index (χ4n) is 2.43. The van der Waals surface area contributed by atoms with Gasteiger partial charge in [0.1, 0.15) is 5.75 Å². The molecular weight excluding hydrogens is 354 g/mol. The Hall–Kier alpha value is -3.32. The fraction of sp³-hybridized carbons (Fsp3) is 0.0526. The summed E-state index contributed by atoms with van der Waals surface area (Å²) in [6.45, 7) is 0.152. The zero-order chi connectivity index (χ0) is 17.9. The third kappa shape index (κ3) is 3.38. The van der Waals surface area contributed by atoms with Crippen molar-refractivity contribution in [2.45, 2.75) is 0 Å². The molecule has 0 saturated carbocycles. The lowest BCUT2D eigenvalue weighted by Gasteiger charge is -2.08. The van der Waals surface area contributed by atoms with Crippen LogP contribution in [0.25, 0.3) is 0 Å². The van der Waals surface area contributed by atoms with E-state index in [0.717, 1.165) is 0 Å². The van der Waals surface area contributed by atoms with Crippen molar-refractivity contribution in [1.29, 1.82) is 0 Å². The van der Waals surface area contributed by atoms with Crippen molar-refractivity contribution in [3.8, 4) is 17.2 Å². The van der Waals surface area contributed by atoms with Gasteiger partial charge in [-0.3, -0.25) is 4.79 Å². The number of anilines is 1. The molecule has 3 aromatic rings. The van der Waals surface area contributed by atoms with Crippen LogP contribution in [0, 0.1) is 0 Å². The molecule has 2 heterocycles. The van der Waals surface area contributed by atoms with Gasteiger partial charge in [-0.05, 0) is 41.8 Å². The van der Waals surface area contributed by atoms with Crippen molar-refractivity contribution in [3.63, 3.8) is 0 Å². The van der Waals surface area contributed by atoms with E-state index in [2.05, 4.69) is 5.32 Å². The van der Waals surface area contributed by atoms with Gasteiger partial charge in [-0.25, -0.2) is 4.79 Å². The summed E-state index contributed by atoms with van der Waals surface area (Å²) in [6.07, 6.45) is 0. The van der Waals surface area contributed by atoms with Crippen molar-refractivity contribution in [2.75, 3.05) is 12.1 Å². The second-order valence-electron chi connectivity index (χ2n) is 5.42. The Balaban J connectivity index is 1.47. The van der Waals surface area contributed by atoms with Crippen LogP contribution in [0.4, 0.5) is 5.69 Å². The summed E-state index contributed by atoms with van der Waals surface area (Å²) < 4.78 is 15.9. The van der Waals surface area contributed by atoms with Gasteiger partial charge in [0.15, 0.2) is 11.5 Å². The maximum Gasteiger partial charge on any atom is 0.343 e. The van der Waals surface area contributed by atoms with Crippen molar-refractivity contribution in [1.82, 2.24) is 0 Å². The number of benzene rings is 2. The minimum Gasteiger partial charge on any atom is -0.454 e. The molecular formula is C19H13NO5S. The Kier molecular flexibility index (Phi) is 4.28. The first-order valence-corrected chi connectivity index (χ1v) is 8.64. The zero-order valence-corrected chi connectivity index (χ0v) is 14.2. The van der Waals surface area contributed by atoms with Gasteiger partial charge in [0, 0.05) is 11.8 Å². The SMILES string of the molecule is O=C(Oc1ccc2c(c1)OCO2)c1cccc(NC(=O)c2cccs2)c1. The minimum atomic E-state index is -0.531. The Labute approximate surface area is 152 Å². The maximum absolute atomic E-state index is 12.4. The number of carbonyl (C=O) groups excluding carboxylic acids is 2. The van der Waals surface area contributed by atoms with Crippen molar-refractivity contribution < 1.29 is 23.8 Å². The number of hydrogen-bond donors (Lipinski definition) is 1. The van der Waals surface area contributed by atoms with Crippen LogP contribution in [-0.2, 0) is 0 Å². The summed E-state index contributed by atoms with van der Waals surface area (Å²) in [7, 11) is 0. The molecule has 0 unspecified atom stereocenters. The number of thiophene rings is 1. The number of nitrogens with one attached hydrogen (secondary N) is 1. The summed E-state index contributed by atoms with van der Waals surface area (Å²) in [5, 5.41) is 4.59. The number of esters is 1. The Morgan fingerprint density at radius 2 is 1.88 bits per heavy atom. The zero-order valence-electron chi connectivity index (χ0n) is 13.4. The molecule has 0 saturated heterocycles. The van der Waals surface area contributed by atoms with Gasteiger partial charge in [0.2, 0.25) is 6.79 Å². The van der Waals surface area contributed by atoms with E-state index in [-0.39, 0.29) is 12.7 Å². The molecule has 2 aromatic carbocycles. The third-order valence-electron chi connectivity index (χ3n) is 3.66. The van der Waals surface area contributed by atoms with Gasteiger partial charge in [-0.2, -0.15) is 0 Å². The van der Waals surface area contributed by atoms with Crippen LogP contribution < -0.4 is 19.5 Å². The topological polar surface area (TPSA) is 73.9 Å². The largest absolute Gasteiger partial charge is 0.454 e. The average Bonchev–Trinajstić information content (AvgIpc) is 3.33. The number of ether oxygens (including phenoxy) is 3.